The largest absolute Gasteiger partial charge is 0.513 e. The van der Waals surface area contributed by atoms with Crippen molar-refractivity contribution in [1.82, 2.24) is 0 Å². The molecule has 0 fully saturated rings. The number of carbonyl (C=O) groups is 1. The Morgan fingerprint density at radius 1 is 1.21 bits per heavy atom. The Kier molecular flexibility index (Phi) is 3.41. The summed E-state index contributed by atoms with van der Waals surface area (Å²) in [5, 5.41) is 0.846. The first-order chi connectivity index (χ1) is 8.91. The summed E-state index contributed by atoms with van der Waals surface area (Å²) in [7, 11) is -3.29. The minimum Gasteiger partial charge on any atom is -0.437 e. The number of rotatable bonds is 2. The Labute approximate surface area is 109 Å². The van der Waals surface area contributed by atoms with Crippen LogP contribution >= 0.6 is 0 Å². The Bertz CT molecular complexity index is 735. The van der Waals surface area contributed by atoms with Crippen LogP contribution in [0, 0.1) is 0 Å². The first-order valence-electron chi connectivity index (χ1n) is 5.18. The van der Waals surface area contributed by atoms with Crippen LogP contribution in [0.4, 0.5) is 4.79 Å². The number of ether oxygens (including phenoxy) is 2. The molecule has 0 aromatic heterocycles. The third-order valence-electron chi connectivity index (χ3n) is 2.44. The fourth-order valence-electron chi connectivity index (χ4n) is 1.66. The molecule has 7 heteroatoms. The van der Waals surface area contributed by atoms with Gasteiger partial charge in [0.15, 0.2) is 0 Å². The fraction of sp³-hybridized carbons (Fsp3) is 0.0833. The fourth-order valence-corrected chi connectivity index (χ4v) is 2.39. The summed E-state index contributed by atoms with van der Waals surface area (Å²) in [4.78, 5) is 10.7. The quantitative estimate of drug-likeness (QED) is 0.516. The first kappa shape index (κ1) is 13.3. The highest BCUT2D eigenvalue weighted by molar-refractivity contribution is 7.86. The lowest BCUT2D eigenvalue weighted by Gasteiger charge is -2.08. The lowest BCUT2D eigenvalue weighted by atomic mass is 10.1. The van der Waals surface area contributed by atoms with E-state index in [1.165, 1.54) is 6.07 Å². The maximum absolute atomic E-state index is 11.3. The van der Waals surface area contributed by atoms with Crippen LogP contribution in [0.1, 0.15) is 0 Å². The molecular weight excluding hydrogens is 272 g/mol. The van der Waals surface area contributed by atoms with Crippen LogP contribution in [0.2, 0.25) is 0 Å². The molecule has 6 nitrogen and oxygen atoms in total. The van der Waals surface area contributed by atoms with Gasteiger partial charge in [-0.15, -0.1) is 0 Å². The van der Waals surface area contributed by atoms with Crippen molar-refractivity contribution in [3.8, 4) is 5.75 Å². The molecule has 0 saturated heterocycles. The van der Waals surface area contributed by atoms with Gasteiger partial charge in [0.2, 0.25) is 0 Å². The topological polar surface area (TPSA) is 89.9 Å². The van der Waals surface area contributed by atoms with Crippen molar-refractivity contribution < 1.29 is 27.2 Å². The number of benzene rings is 2. The average Bonchev–Trinajstić information content (AvgIpc) is 2.36. The molecule has 100 valence electrons. The number of carbonyl (C=O) groups excluding carboxylic acids is 1. The van der Waals surface area contributed by atoms with E-state index in [1.54, 1.807) is 24.3 Å². The molecule has 0 saturated carbocycles. The highest BCUT2D eigenvalue weighted by Crippen LogP contribution is 2.28. The summed E-state index contributed by atoms with van der Waals surface area (Å²) >= 11 is 0. The van der Waals surface area contributed by atoms with Gasteiger partial charge in [-0.1, -0.05) is 24.3 Å². The zero-order chi connectivity index (χ0) is 14.0. The van der Waals surface area contributed by atoms with Crippen LogP contribution in [-0.2, 0) is 14.9 Å². The Morgan fingerprint density at radius 2 is 1.89 bits per heavy atom. The summed E-state index contributed by atoms with van der Waals surface area (Å²) < 4.78 is 41.0. The van der Waals surface area contributed by atoms with E-state index in [9.17, 15) is 17.8 Å². The molecule has 19 heavy (non-hydrogen) atoms. The Hall–Kier alpha value is -2.12. The lowest BCUT2D eigenvalue weighted by Crippen LogP contribution is -2.08. The molecule has 0 unspecified atom stereocenters. The lowest BCUT2D eigenvalue weighted by molar-refractivity contribution is 0.121. The SMILES string of the molecule is COC(=O)Oc1cc(S(=O)(=O)O)c2ccccc2c1. The molecule has 0 heterocycles. The third-order valence-corrected chi connectivity index (χ3v) is 3.34. The third kappa shape index (κ3) is 2.83. The van der Waals surface area contributed by atoms with Crippen molar-refractivity contribution in [3.63, 3.8) is 0 Å². The van der Waals surface area contributed by atoms with Crippen molar-refractivity contribution in [2.45, 2.75) is 4.90 Å². The maximum atomic E-state index is 11.3. The summed E-state index contributed by atoms with van der Waals surface area (Å²) in [6.45, 7) is 0. The summed E-state index contributed by atoms with van der Waals surface area (Å²) in [5.74, 6) is -0.0295. The highest BCUT2D eigenvalue weighted by Gasteiger charge is 2.17. The number of fused-ring (bicyclic) bond motifs is 1. The van der Waals surface area contributed by atoms with Crippen LogP contribution < -0.4 is 4.74 Å². The van der Waals surface area contributed by atoms with E-state index in [0.717, 1.165) is 13.2 Å². The molecule has 0 aliphatic carbocycles. The molecule has 2 aromatic carbocycles. The predicted molar refractivity (Wildman–Crippen MR) is 66.8 cm³/mol. The van der Waals surface area contributed by atoms with Gasteiger partial charge in [0.1, 0.15) is 10.6 Å². The van der Waals surface area contributed by atoms with Crippen LogP contribution in [0.3, 0.4) is 0 Å². The van der Waals surface area contributed by atoms with E-state index in [4.69, 9.17) is 4.74 Å². The monoisotopic (exact) mass is 282 g/mol. The number of methoxy groups -OCH3 is 1. The zero-order valence-electron chi connectivity index (χ0n) is 9.86. The second-order valence-corrected chi connectivity index (χ2v) is 5.06. The normalized spacial score (nSPS) is 11.3. The summed E-state index contributed by atoms with van der Waals surface area (Å²) in [6, 6.07) is 9.04. The minimum atomic E-state index is -4.43. The summed E-state index contributed by atoms with van der Waals surface area (Å²) in [5.41, 5.74) is 0. The first-order valence-corrected chi connectivity index (χ1v) is 6.62. The average molecular weight is 282 g/mol. The molecule has 0 aliphatic heterocycles. The van der Waals surface area contributed by atoms with Gasteiger partial charge in [0, 0.05) is 11.5 Å². The molecule has 1 N–H and O–H groups in total. The Morgan fingerprint density at radius 3 is 2.53 bits per heavy atom. The molecule has 2 rings (SSSR count). The van der Waals surface area contributed by atoms with Gasteiger partial charge in [-0.2, -0.15) is 8.42 Å². The van der Waals surface area contributed by atoms with Gasteiger partial charge in [0.25, 0.3) is 10.1 Å². The molecule has 0 spiro atoms. The maximum Gasteiger partial charge on any atom is 0.513 e. The Balaban J connectivity index is 2.67. The second-order valence-electron chi connectivity index (χ2n) is 3.67. The molecule has 0 aliphatic rings. The van der Waals surface area contributed by atoms with E-state index in [-0.39, 0.29) is 10.6 Å². The van der Waals surface area contributed by atoms with E-state index >= 15 is 0 Å². The standard InChI is InChI=1S/C12H10O6S/c1-17-12(13)18-9-6-8-4-2-3-5-10(8)11(7-9)19(14,15)16/h2-7H,1H3,(H,14,15,16). The van der Waals surface area contributed by atoms with Crippen LogP contribution in [0.5, 0.6) is 5.75 Å². The van der Waals surface area contributed by atoms with Gasteiger partial charge >= 0.3 is 6.16 Å². The van der Waals surface area contributed by atoms with Crippen molar-refractivity contribution in [1.29, 1.82) is 0 Å². The van der Waals surface area contributed by atoms with Gasteiger partial charge in [-0.05, 0) is 11.5 Å². The van der Waals surface area contributed by atoms with Gasteiger partial charge < -0.3 is 9.47 Å². The predicted octanol–water partition coefficient (Wildman–Crippen LogP) is 2.23. The van der Waals surface area contributed by atoms with E-state index in [0.29, 0.717) is 10.8 Å². The minimum absolute atomic E-state index is 0.0295. The van der Waals surface area contributed by atoms with Crippen molar-refractivity contribution >= 4 is 27.0 Å². The molecule has 0 radical (unpaired) electrons. The van der Waals surface area contributed by atoms with Gasteiger partial charge in [0.05, 0.1) is 7.11 Å². The van der Waals surface area contributed by atoms with Crippen LogP contribution in [-0.4, -0.2) is 26.2 Å². The number of hydrogen-bond donors (Lipinski definition) is 1. The smallest absolute Gasteiger partial charge is 0.437 e. The van der Waals surface area contributed by atoms with E-state index in [2.05, 4.69) is 4.74 Å². The molecule has 0 amide bonds. The molecule has 2 aromatic rings. The van der Waals surface area contributed by atoms with Crippen molar-refractivity contribution in [2.75, 3.05) is 7.11 Å². The van der Waals surface area contributed by atoms with E-state index in [1.807, 2.05) is 0 Å². The van der Waals surface area contributed by atoms with Gasteiger partial charge in [-0.3, -0.25) is 4.55 Å². The molecule has 0 bridgehead atoms. The molecular formula is C12H10O6S. The zero-order valence-corrected chi connectivity index (χ0v) is 10.7. The van der Waals surface area contributed by atoms with Crippen LogP contribution in [0.15, 0.2) is 41.3 Å². The van der Waals surface area contributed by atoms with Crippen LogP contribution in [0.25, 0.3) is 10.8 Å². The molecule has 0 atom stereocenters. The highest BCUT2D eigenvalue weighted by atomic mass is 32.2. The summed E-state index contributed by atoms with van der Waals surface area (Å²) in [6.07, 6.45) is -0.975. The van der Waals surface area contributed by atoms with E-state index < -0.39 is 16.3 Å². The van der Waals surface area contributed by atoms with Crippen molar-refractivity contribution in [3.05, 3.63) is 36.4 Å². The van der Waals surface area contributed by atoms with Crippen molar-refractivity contribution in [2.24, 2.45) is 0 Å². The van der Waals surface area contributed by atoms with Gasteiger partial charge in [-0.25, -0.2) is 4.79 Å². The number of hydrogen-bond acceptors (Lipinski definition) is 5. The second kappa shape index (κ2) is 4.87.